The fraction of sp³-hybridized carbons (Fsp3) is 0.500. The number of nitro benzene ring substituents is 1. The molecule has 0 aliphatic carbocycles. The number of benzene rings is 2. The Morgan fingerprint density at radius 3 is 2.35 bits per heavy atom. The molecular weight excluding hydrogens is 456 g/mol. The minimum atomic E-state index is -3.60. The maximum atomic E-state index is 13.4. The standard InChI is InChI=1S/C24H32N4O5S/c1-17-13-18(2)24(19(3)14-17)34(31,32)27-10-8-26(9-11-27)20-6-7-23(28(29)30)22(15-20)25-16-21-5-4-12-33-21/h6-7,13-15,21,25H,4-5,8-12,16H2,1-3H3/t21-/m0/s1. The van der Waals surface area contributed by atoms with Gasteiger partial charge in [-0.2, -0.15) is 4.31 Å². The Kier molecular flexibility index (Phi) is 7.11. The summed E-state index contributed by atoms with van der Waals surface area (Å²) in [6.45, 7) is 8.60. The number of nitrogens with one attached hydrogen (secondary N) is 1. The van der Waals surface area contributed by atoms with E-state index in [1.807, 2.05) is 32.9 Å². The van der Waals surface area contributed by atoms with Gasteiger partial charge in [0.2, 0.25) is 10.0 Å². The molecule has 2 aliphatic heterocycles. The Morgan fingerprint density at radius 2 is 1.76 bits per heavy atom. The molecule has 2 heterocycles. The first-order valence-electron chi connectivity index (χ1n) is 11.6. The Hall–Kier alpha value is -2.69. The van der Waals surface area contributed by atoms with Gasteiger partial charge in [-0.1, -0.05) is 17.7 Å². The topological polar surface area (TPSA) is 105 Å². The van der Waals surface area contributed by atoms with Crippen molar-refractivity contribution in [2.24, 2.45) is 0 Å². The zero-order valence-electron chi connectivity index (χ0n) is 19.9. The number of anilines is 2. The monoisotopic (exact) mass is 488 g/mol. The molecule has 2 aliphatic rings. The minimum absolute atomic E-state index is 0.0216. The third kappa shape index (κ3) is 5.03. The highest BCUT2D eigenvalue weighted by molar-refractivity contribution is 7.89. The Labute approximate surface area is 200 Å². The highest BCUT2D eigenvalue weighted by Gasteiger charge is 2.31. The van der Waals surface area contributed by atoms with Crippen molar-refractivity contribution in [2.75, 3.05) is 49.5 Å². The second kappa shape index (κ2) is 9.89. The van der Waals surface area contributed by atoms with Crippen LogP contribution in [-0.4, -0.2) is 63.1 Å². The molecule has 2 saturated heterocycles. The van der Waals surface area contributed by atoms with Crippen LogP contribution in [0.3, 0.4) is 0 Å². The molecule has 1 atom stereocenters. The maximum absolute atomic E-state index is 13.4. The Bertz CT molecular complexity index is 1150. The van der Waals surface area contributed by atoms with E-state index < -0.39 is 14.9 Å². The van der Waals surface area contributed by atoms with Crippen LogP contribution in [0.2, 0.25) is 0 Å². The van der Waals surface area contributed by atoms with E-state index in [2.05, 4.69) is 10.2 Å². The van der Waals surface area contributed by atoms with Crippen LogP contribution in [-0.2, 0) is 14.8 Å². The molecule has 1 N–H and O–H groups in total. The van der Waals surface area contributed by atoms with Gasteiger partial charge in [-0.15, -0.1) is 0 Å². The summed E-state index contributed by atoms with van der Waals surface area (Å²) in [5.74, 6) is 0. The third-order valence-electron chi connectivity index (χ3n) is 6.53. The molecular formula is C24H32N4O5S. The Morgan fingerprint density at radius 1 is 1.09 bits per heavy atom. The number of aryl methyl sites for hydroxylation is 3. The van der Waals surface area contributed by atoms with Crippen molar-refractivity contribution in [1.29, 1.82) is 0 Å². The molecule has 0 aromatic heterocycles. The number of hydrogen-bond donors (Lipinski definition) is 1. The molecule has 0 radical (unpaired) electrons. The van der Waals surface area contributed by atoms with Crippen LogP contribution in [0.4, 0.5) is 17.1 Å². The number of nitro groups is 1. The SMILES string of the molecule is Cc1cc(C)c(S(=O)(=O)N2CCN(c3ccc([N+](=O)[O-])c(NC[C@@H]4CCCO4)c3)CC2)c(C)c1. The van der Waals surface area contributed by atoms with Gasteiger partial charge in [0.1, 0.15) is 5.69 Å². The molecule has 2 aromatic rings. The average molecular weight is 489 g/mol. The first-order chi connectivity index (χ1) is 16.2. The molecule has 0 bridgehead atoms. The second-order valence-electron chi connectivity index (χ2n) is 9.09. The van der Waals surface area contributed by atoms with Gasteiger partial charge in [-0.05, 0) is 56.9 Å². The lowest BCUT2D eigenvalue weighted by Gasteiger charge is -2.36. The van der Waals surface area contributed by atoms with Gasteiger partial charge in [-0.3, -0.25) is 10.1 Å². The molecule has 184 valence electrons. The van der Waals surface area contributed by atoms with Crippen molar-refractivity contribution in [1.82, 2.24) is 4.31 Å². The van der Waals surface area contributed by atoms with Crippen molar-refractivity contribution in [3.05, 3.63) is 57.1 Å². The van der Waals surface area contributed by atoms with E-state index in [0.29, 0.717) is 43.3 Å². The van der Waals surface area contributed by atoms with E-state index in [1.165, 1.54) is 10.4 Å². The summed E-state index contributed by atoms with van der Waals surface area (Å²) in [4.78, 5) is 13.6. The molecule has 2 aromatic carbocycles. The quantitative estimate of drug-likeness (QED) is 0.469. The average Bonchev–Trinajstić information content (AvgIpc) is 3.30. The van der Waals surface area contributed by atoms with Gasteiger partial charge >= 0.3 is 0 Å². The zero-order valence-corrected chi connectivity index (χ0v) is 20.7. The summed E-state index contributed by atoms with van der Waals surface area (Å²) in [7, 11) is -3.60. The highest BCUT2D eigenvalue weighted by atomic mass is 32.2. The molecule has 0 amide bonds. The normalized spacial score (nSPS) is 19.4. The smallest absolute Gasteiger partial charge is 0.292 e. The van der Waals surface area contributed by atoms with Crippen LogP contribution in [0.15, 0.2) is 35.2 Å². The molecule has 2 fully saturated rings. The van der Waals surface area contributed by atoms with Gasteiger partial charge in [0.05, 0.1) is 15.9 Å². The first kappa shape index (κ1) is 24.4. The highest BCUT2D eigenvalue weighted by Crippen LogP contribution is 2.32. The van der Waals surface area contributed by atoms with Crippen LogP contribution in [0.25, 0.3) is 0 Å². The zero-order chi connectivity index (χ0) is 24.5. The molecule has 0 unspecified atom stereocenters. The van der Waals surface area contributed by atoms with E-state index in [9.17, 15) is 18.5 Å². The number of nitrogens with zero attached hydrogens (tertiary/aromatic N) is 3. The number of piperazine rings is 1. The van der Waals surface area contributed by atoms with E-state index in [0.717, 1.165) is 41.8 Å². The van der Waals surface area contributed by atoms with E-state index in [-0.39, 0.29) is 11.8 Å². The number of sulfonamides is 1. The lowest BCUT2D eigenvalue weighted by molar-refractivity contribution is -0.383. The summed E-state index contributed by atoms with van der Waals surface area (Å²) in [6, 6.07) is 8.82. The summed E-state index contributed by atoms with van der Waals surface area (Å²) in [5.41, 5.74) is 3.88. The van der Waals surface area contributed by atoms with Crippen LogP contribution < -0.4 is 10.2 Å². The van der Waals surface area contributed by atoms with Gasteiger partial charge in [0.25, 0.3) is 5.69 Å². The molecule has 10 heteroatoms. The molecule has 0 spiro atoms. The van der Waals surface area contributed by atoms with Crippen molar-refractivity contribution in [2.45, 2.75) is 44.6 Å². The van der Waals surface area contributed by atoms with Gasteiger partial charge < -0.3 is 15.0 Å². The second-order valence-corrected chi connectivity index (χ2v) is 11.0. The van der Waals surface area contributed by atoms with Gasteiger partial charge in [0.15, 0.2) is 0 Å². The van der Waals surface area contributed by atoms with E-state index in [4.69, 9.17) is 4.74 Å². The van der Waals surface area contributed by atoms with E-state index in [1.54, 1.807) is 12.1 Å². The van der Waals surface area contributed by atoms with Crippen molar-refractivity contribution >= 4 is 27.1 Å². The number of hydrogen-bond acceptors (Lipinski definition) is 7. The maximum Gasteiger partial charge on any atom is 0.292 e. The van der Waals surface area contributed by atoms with Crippen molar-refractivity contribution in [3.63, 3.8) is 0 Å². The number of ether oxygens (including phenoxy) is 1. The molecule has 9 nitrogen and oxygen atoms in total. The fourth-order valence-electron chi connectivity index (χ4n) is 4.94. The predicted octanol–water partition coefficient (Wildman–Crippen LogP) is 3.62. The van der Waals surface area contributed by atoms with Crippen molar-refractivity contribution < 1.29 is 18.1 Å². The molecule has 34 heavy (non-hydrogen) atoms. The Balaban J connectivity index is 1.48. The summed E-state index contributed by atoms with van der Waals surface area (Å²) >= 11 is 0. The van der Waals surface area contributed by atoms with Crippen LogP contribution >= 0.6 is 0 Å². The molecule has 4 rings (SSSR count). The van der Waals surface area contributed by atoms with Crippen LogP contribution in [0, 0.1) is 30.9 Å². The van der Waals surface area contributed by atoms with Crippen LogP contribution in [0.5, 0.6) is 0 Å². The van der Waals surface area contributed by atoms with Gasteiger partial charge in [-0.25, -0.2) is 8.42 Å². The van der Waals surface area contributed by atoms with E-state index >= 15 is 0 Å². The number of rotatable bonds is 7. The summed E-state index contributed by atoms with van der Waals surface area (Å²) in [6.07, 6.45) is 2.01. The summed E-state index contributed by atoms with van der Waals surface area (Å²) < 4.78 is 33.9. The third-order valence-corrected chi connectivity index (χ3v) is 8.73. The van der Waals surface area contributed by atoms with Crippen molar-refractivity contribution in [3.8, 4) is 0 Å². The minimum Gasteiger partial charge on any atom is -0.377 e. The fourth-order valence-corrected chi connectivity index (χ4v) is 6.77. The van der Waals surface area contributed by atoms with Gasteiger partial charge in [0, 0.05) is 51.1 Å². The predicted molar refractivity (Wildman–Crippen MR) is 132 cm³/mol. The van der Waals surface area contributed by atoms with Crippen LogP contribution in [0.1, 0.15) is 29.5 Å². The molecule has 0 saturated carbocycles. The lowest BCUT2D eigenvalue weighted by Crippen LogP contribution is -2.49. The first-order valence-corrected chi connectivity index (χ1v) is 13.1. The lowest BCUT2D eigenvalue weighted by atomic mass is 10.1. The largest absolute Gasteiger partial charge is 0.377 e. The summed E-state index contributed by atoms with van der Waals surface area (Å²) in [5, 5.41) is 14.7.